The fraction of sp³-hybridized carbons (Fsp3) is 0.474. The van der Waals surface area contributed by atoms with Crippen molar-refractivity contribution >= 4 is 29.9 Å². The molecule has 0 saturated heterocycles. The Balaban J connectivity index is 0.00000243. The molecule has 1 atom stereocenters. The van der Waals surface area contributed by atoms with Crippen LogP contribution in [0.5, 0.6) is 5.75 Å². The fourth-order valence-corrected chi connectivity index (χ4v) is 3.12. The highest BCUT2D eigenvalue weighted by atomic mass is 127. The molecule has 26 heavy (non-hydrogen) atoms. The second-order valence-electron chi connectivity index (χ2n) is 6.40. The van der Waals surface area contributed by atoms with E-state index in [2.05, 4.69) is 41.7 Å². The molecule has 6 nitrogen and oxygen atoms in total. The third kappa shape index (κ3) is 4.69. The molecule has 142 valence electrons. The van der Waals surface area contributed by atoms with Gasteiger partial charge in [0.25, 0.3) is 0 Å². The molecular formula is C19H28IN5O. The van der Waals surface area contributed by atoms with Crippen molar-refractivity contribution in [2.45, 2.75) is 39.8 Å². The second-order valence-corrected chi connectivity index (χ2v) is 6.40. The van der Waals surface area contributed by atoms with Gasteiger partial charge in [-0.25, -0.2) is 4.99 Å². The summed E-state index contributed by atoms with van der Waals surface area (Å²) in [5.74, 6) is 1.81. The minimum Gasteiger partial charge on any atom is -0.488 e. The van der Waals surface area contributed by atoms with Crippen LogP contribution >= 0.6 is 24.0 Å². The third-order valence-electron chi connectivity index (χ3n) is 4.61. The van der Waals surface area contributed by atoms with E-state index in [1.165, 1.54) is 11.1 Å². The third-order valence-corrected chi connectivity index (χ3v) is 4.61. The van der Waals surface area contributed by atoms with Crippen LogP contribution in [0.4, 0.5) is 0 Å². The number of ether oxygens (including phenoxy) is 1. The Kier molecular flexibility index (Phi) is 7.31. The van der Waals surface area contributed by atoms with E-state index in [0.717, 1.165) is 42.6 Å². The van der Waals surface area contributed by atoms with Gasteiger partial charge in [0.05, 0.1) is 18.8 Å². The quantitative estimate of drug-likeness (QED) is 0.402. The van der Waals surface area contributed by atoms with Crippen LogP contribution in [0.25, 0.3) is 0 Å². The van der Waals surface area contributed by atoms with Crippen molar-refractivity contribution in [1.29, 1.82) is 0 Å². The van der Waals surface area contributed by atoms with Gasteiger partial charge in [0.1, 0.15) is 11.9 Å². The normalized spacial score (nSPS) is 15.8. The number of benzene rings is 1. The second kappa shape index (κ2) is 9.25. The molecule has 0 aliphatic carbocycles. The van der Waals surface area contributed by atoms with Crippen molar-refractivity contribution in [3.8, 4) is 5.75 Å². The van der Waals surface area contributed by atoms with E-state index in [-0.39, 0.29) is 30.1 Å². The molecule has 0 fully saturated rings. The van der Waals surface area contributed by atoms with Crippen molar-refractivity contribution in [3.05, 3.63) is 46.8 Å². The number of guanidine groups is 1. The molecule has 7 heteroatoms. The summed E-state index contributed by atoms with van der Waals surface area (Å²) >= 11 is 0. The Labute approximate surface area is 172 Å². The largest absolute Gasteiger partial charge is 0.488 e. The molecule has 1 aliphatic heterocycles. The van der Waals surface area contributed by atoms with E-state index in [4.69, 9.17) is 9.73 Å². The zero-order valence-electron chi connectivity index (χ0n) is 15.9. The summed E-state index contributed by atoms with van der Waals surface area (Å²) < 4.78 is 7.89. The Morgan fingerprint density at radius 1 is 1.31 bits per heavy atom. The number of aryl methyl sites for hydroxylation is 2. The highest BCUT2D eigenvalue weighted by Gasteiger charge is 2.22. The fourth-order valence-electron chi connectivity index (χ4n) is 3.12. The van der Waals surface area contributed by atoms with E-state index < -0.39 is 0 Å². The molecule has 0 radical (unpaired) electrons. The lowest BCUT2D eigenvalue weighted by Gasteiger charge is -2.15. The summed E-state index contributed by atoms with van der Waals surface area (Å²) in [6.07, 6.45) is 1.08. The summed E-state index contributed by atoms with van der Waals surface area (Å²) in [7, 11) is 1.97. The van der Waals surface area contributed by atoms with Gasteiger partial charge in [0, 0.05) is 31.3 Å². The molecule has 2 N–H and O–H groups in total. The molecule has 0 spiro atoms. The summed E-state index contributed by atoms with van der Waals surface area (Å²) in [5, 5.41) is 11.2. The summed E-state index contributed by atoms with van der Waals surface area (Å²) in [4.78, 5) is 4.71. The number of nitrogens with one attached hydrogen (secondary N) is 2. The lowest BCUT2D eigenvalue weighted by Crippen LogP contribution is -2.42. The van der Waals surface area contributed by atoms with Gasteiger partial charge in [-0.05, 0) is 32.4 Å². The van der Waals surface area contributed by atoms with Crippen LogP contribution in [0.3, 0.4) is 0 Å². The van der Waals surface area contributed by atoms with Gasteiger partial charge in [-0.15, -0.1) is 24.0 Å². The first-order valence-corrected chi connectivity index (χ1v) is 8.84. The van der Waals surface area contributed by atoms with Crippen molar-refractivity contribution in [3.63, 3.8) is 0 Å². The summed E-state index contributed by atoms with van der Waals surface area (Å²) in [5.41, 5.74) is 4.66. The maximum absolute atomic E-state index is 5.98. The number of para-hydroxylation sites is 1. The first-order valence-electron chi connectivity index (χ1n) is 8.84. The van der Waals surface area contributed by atoms with Crippen LogP contribution in [-0.2, 0) is 20.0 Å². The highest BCUT2D eigenvalue weighted by molar-refractivity contribution is 14.0. The van der Waals surface area contributed by atoms with Crippen molar-refractivity contribution in [2.24, 2.45) is 12.0 Å². The predicted octanol–water partition coefficient (Wildman–Crippen LogP) is 2.71. The standard InChI is InChI=1S/C19H27N5O.HI/c1-5-20-19(22-12-17-13(2)23-24(4)14(17)3)21-11-16-10-15-8-6-7-9-18(15)25-16;/h6-9,16H,5,10-12H2,1-4H3,(H2,20,21,22);1H. The number of aliphatic imine (C=N–C) groups is 1. The van der Waals surface area contributed by atoms with E-state index in [0.29, 0.717) is 6.54 Å². The SMILES string of the molecule is CCNC(=NCc1c(C)nn(C)c1C)NCC1Cc2ccccc2O1.I. The van der Waals surface area contributed by atoms with Crippen molar-refractivity contribution in [1.82, 2.24) is 20.4 Å². The number of aromatic nitrogens is 2. The lowest BCUT2D eigenvalue weighted by atomic mass is 10.1. The smallest absolute Gasteiger partial charge is 0.191 e. The van der Waals surface area contributed by atoms with Gasteiger partial charge in [0.2, 0.25) is 0 Å². The number of rotatable bonds is 5. The van der Waals surface area contributed by atoms with Gasteiger partial charge in [-0.3, -0.25) is 4.68 Å². The van der Waals surface area contributed by atoms with Gasteiger partial charge in [0.15, 0.2) is 5.96 Å². The maximum atomic E-state index is 5.98. The number of hydrogen-bond acceptors (Lipinski definition) is 3. The van der Waals surface area contributed by atoms with E-state index in [9.17, 15) is 0 Å². The van der Waals surface area contributed by atoms with Gasteiger partial charge in [-0.1, -0.05) is 18.2 Å². The van der Waals surface area contributed by atoms with E-state index >= 15 is 0 Å². The number of nitrogens with zero attached hydrogens (tertiary/aromatic N) is 3. The molecule has 3 rings (SSSR count). The topological polar surface area (TPSA) is 63.5 Å². The van der Waals surface area contributed by atoms with E-state index in [1.54, 1.807) is 0 Å². The molecule has 1 aliphatic rings. The van der Waals surface area contributed by atoms with E-state index in [1.807, 2.05) is 30.8 Å². The van der Waals surface area contributed by atoms with Crippen LogP contribution in [0.1, 0.15) is 29.4 Å². The van der Waals surface area contributed by atoms with Crippen LogP contribution < -0.4 is 15.4 Å². The van der Waals surface area contributed by atoms with Gasteiger partial charge < -0.3 is 15.4 Å². The highest BCUT2D eigenvalue weighted by Crippen LogP contribution is 2.27. The van der Waals surface area contributed by atoms with Gasteiger partial charge >= 0.3 is 0 Å². The van der Waals surface area contributed by atoms with Gasteiger partial charge in [-0.2, -0.15) is 5.10 Å². The Morgan fingerprint density at radius 2 is 2.08 bits per heavy atom. The molecule has 2 aromatic rings. The average Bonchev–Trinajstić information content (AvgIpc) is 3.11. The van der Waals surface area contributed by atoms with Crippen molar-refractivity contribution < 1.29 is 4.74 Å². The van der Waals surface area contributed by atoms with Crippen LogP contribution in [0, 0.1) is 13.8 Å². The molecule has 0 amide bonds. The van der Waals surface area contributed by atoms with Crippen LogP contribution in [-0.4, -0.2) is 34.9 Å². The Hall–Kier alpha value is -1.77. The minimum absolute atomic E-state index is 0. The Bertz CT molecular complexity index is 746. The molecule has 1 aromatic carbocycles. The average molecular weight is 469 g/mol. The maximum Gasteiger partial charge on any atom is 0.191 e. The Morgan fingerprint density at radius 3 is 2.73 bits per heavy atom. The first-order chi connectivity index (χ1) is 12.1. The number of hydrogen-bond donors (Lipinski definition) is 2. The van der Waals surface area contributed by atoms with Crippen molar-refractivity contribution in [2.75, 3.05) is 13.1 Å². The predicted molar refractivity (Wildman–Crippen MR) is 115 cm³/mol. The number of fused-ring (bicyclic) bond motifs is 1. The zero-order chi connectivity index (χ0) is 17.8. The van der Waals surface area contributed by atoms with Crippen LogP contribution in [0.15, 0.2) is 29.3 Å². The number of halogens is 1. The lowest BCUT2D eigenvalue weighted by molar-refractivity contribution is 0.235. The molecular weight excluding hydrogens is 441 g/mol. The molecule has 1 unspecified atom stereocenters. The zero-order valence-corrected chi connectivity index (χ0v) is 18.2. The molecule has 0 saturated carbocycles. The summed E-state index contributed by atoms with van der Waals surface area (Å²) in [6.45, 7) is 8.34. The summed E-state index contributed by atoms with van der Waals surface area (Å²) in [6, 6.07) is 8.23. The van der Waals surface area contributed by atoms with Crippen LogP contribution in [0.2, 0.25) is 0 Å². The molecule has 0 bridgehead atoms. The monoisotopic (exact) mass is 469 g/mol. The molecule has 2 heterocycles. The molecule has 1 aromatic heterocycles. The minimum atomic E-state index is 0. The first kappa shape index (κ1) is 20.5.